The third kappa shape index (κ3) is 14.7. The molecule has 18 nitrogen and oxygen atoms in total. The van der Waals surface area contributed by atoms with Crippen LogP contribution in [0.25, 0.3) is 0 Å². The quantitative estimate of drug-likeness (QED) is 0.0483. The summed E-state index contributed by atoms with van der Waals surface area (Å²) in [4.78, 5) is 55.4. The number of allylic oxidation sites excluding steroid dienone is 4. The molecule has 2 N–H and O–H groups in total. The van der Waals surface area contributed by atoms with Gasteiger partial charge in [0.2, 0.25) is 0 Å². The SMILES string of the molecule is COc1c(C)c2c(c(O)c1CC=C(C)CCC(=O)OC(COCCCCOCC(CN1CCOCC1)OC(=O)CCC(C)=CCc1c(O)c3c(c(C)c1OC)COC3=O)CN1CCOCC1)C(=O)OC2. The number of fused-ring (bicyclic) bond motifs is 2. The topological polar surface area (TPSA) is 208 Å². The van der Waals surface area contributed by atoms with Crippen molar-refractivity contribution in [1.29, 1.82) is 0 Å². The molecule has 4 aliphatic rings. The largest absolute Gasteiger partial charge is 0.507 e. The molecule has 2 unspecified atom stereocenters. The number of unbranched alkanes of at least 4 members (excludes halogenated alkanes) is 1. The molecule has 4 aliphatic heterocycles. The summed E-state index contributed by atoms with van der Waals surface area (Å²) >= 11 is 0. The number of phenolic OH excluding ortho intramolecular Hbond substituents is 2. The molecule has 0 amide bonds. The zero-order valence-electron chi connectivity index (χ0n) is 41.8. The molecule has 0 radical (unpaired) electrons. The van der Waals surface area contributed by atoms with Crippen LogP contribution in [0.2, 0.25) is 0 Å². The van der Waals surface area contributed by atoms with E-state index in [9.17, 15) is 29.4 Å². The monoisotopic (exact) mass is 980 g/mol. The first-order valence-corrected chi connectivity index (χ1v) is 24.4. The first-order valence-electron chi connectivity index (χ1n) is 24.4. The molecule has 18 heteroatoms. The van der Waals surface area contributed by atoms with E-state index < -0.39 is 24.1 Å². The minimum atomic E-state index is -0.551. The van der Waals surface area contributed by atoms with E-state index in [1.54, 1.807) is 0 Å². The van der Waals surface area contributed by atoms with Crippen molar-refractivity contribution >= 4 is 23.9 Å². The number of carbonyl (C=O) groups is 4. The molecule has 0 aromatic heterocycles. The van der Waals surface area contributed by atoms with E-state index >= 15 is 0 Å². The van der Waals surface area contributed by atoms with Gasteiger partial charge in [-0.15, -0.1) is 0 Å². The third-order valence-corrected chi connectivity index (χ3v) is 13.2. The standard InChI is InChI=1S/C52H72N2O16/c1-33(9-13-39-47(57)45-41(31-67-51(45)59)35(3)49(39)61-5)11-15-43(55)69-37(27-53-17-23-63-24-18-53)29-65-21-7-8-22-66-30-38(28-54-19-25-64-26-20-54)70-44(56)16-12-34(2)10-14-40-48(58)46-42(32-68-52(46)60)36(4)50(40)62-6/h9-10,37-38,57-58H,7-8,11-32H2,1-6H3. The highest BCUT2D eigenvalue weighted by atomic mass is 16.6. The fraction of sp³-hybridized carbons (Fsp3) is 0.615. The van der Waals surface area contributed by atoms with Crippen molar-refractivity contribution in [3.63, 3.8) is 0 Å². The van der Waals surface area contributed by atoms with Crippen LogP contribution in [0, 0.1) is 13.8 Å². The second-order valence-electron chi connectivity index (χ2n) is 18.2. The van der Waals surface area contributed by atoms with Crippen molar-refractivity contribution in [3.05, 3.63) is 67.8 Å². The van der Waals surface area contributed by atoms with Gasteiger partial charge in [-0.3, -0.25) is 19.4 Å². The average Bonchev–Trinajstić information content (AvgIpc) is 3.95. The van der Waals surface area contributed by atoms with Gasteiger partial charge in [-0.1, -0.05) is 23.3 Å². The highest BCUT2D eigenvalue weighted by Crippen LogP contribution is 2.43. The first-order chi connectivity index (χ1) is 33.8. The number of cyclic esters (lactones) is 2. The molecule has 2 aromatic rings. The Morgan fingerprint density at radius 2 is 1.01 bits per heavy atom. The van der Waals surface area contributed by atoms with Crippen LogP contribution in [0.3, 0.4) is 0 Å². The van der Waals surface area contributed by atoms with E-state index in [-0.39, 0.29) is 73.8 Å². The Kier molecular flexibility index (Phi) is 20.7. The van der Waals surface area contributed by atoms with Crippen molar-refractivity contribution in [2.24, 2.45) is 0 Å². The van der Waals surface area contributed by atoms with Crippen LogP contribution >= 0.6 is 0 Å². The Morgan fingerprint density at radius 3 is 1.39 bits per heavy atom. The lowest BCUT2D eigenvalue weighted by Crippen LogP contribution is -2.43. The number of aromatic hydroxyl groups is 2. The summed E-state index contributed by atoms with van der Waals surface area (Å²) in [6.45, 7) is 15.5. The van der Waals surface area contributed by atoms with Crippen molar-refractivity contribution < 1.29 is 76.8 Å². The molecule has 0 bridgehead atoms. The highest BCUT2D eigenvalue weighted by Gasteiger charge is 2.33. The van der Waals surface area contributed by atoms with Gasteiger partial charge in [-0.2, -0.15) is 0 Å². The predicted octanol–water partition coefficient (Wildman–Crippen LogP) is 5.61. The lowest BCUT2D eigenvalue weighted by atomic mass is 9.94. The molecule has 386 valence electrons. The Bertz CT molecular complexity index is 2060. The molecule has 6 rings (SSSR count). The van der Waals surface area contributed by atoms with Gasteiger partial charge < -0.3 is 57.6 Å². The summed E-state index contributed by atoms with van der Waals surface area (Å²) in [5.74, 6) is -1.02. The maximum Gasteiger partial charge on any atom is 0.342 e. The molecule has 0 spiro atoms. The molecule has 70 heavy (non-hydrogen) atoms. The van der Waals surface area contributed by atoms with Crippen LogP contribution in [0.1, 0.15) is 106 Å². The molecule has 4 heterocycles. The van der Waals surface area contributed by atoms with Crippen LogP contribution in [0.4, 0.5) is 0 Å². The Hall–Kier alpha value is -5.24. The summed E-state index contributed by atoms with van der Waals surface area (Å²) in [7, 11) is 3.06. The van der Waals surface area contributed by atoms with Crippen LogP contribution in [0.15, 0.2) is 23.3 Å². The minimum absolute atomic E-state index is 0.100. The molecular weight excluding hydrogens is 909 g/mol. The number of hydrogen-bond donors (Lipinski definition) is 2. The van der Waals surface area contributed by atoms with E-state index in [0.29, 0.717) is 125 Å². The Morgan fingerprint density at radius 1 is 0.629 bits per heavy atom. The number of hydrogen-bond acceptors (Lipinski definition) is 18. The van der Waals surface area contributed by atoms with E-state index in [0.717, 1.165) is 48.5 Å². The second-order valence-corrected chi connectivity index (χ2v) is 18.2. The fourth-order valence-corrected chi connectivity index (χ4v) is 9.13. The van der Waals surface area contributed by atoms with E-state index in [1.165, 1.54) is 14.2 Å². The van der Waals surface area contributed by atoms with Gasteiger partial charge in [0.1, 0.15) is 59.5 Å². The highest BCUT2D eigenvalue weighted by molar-refractivity contribution is 5.98. The van der Waals surface area contributed by atoms with Gasteiger partial charge in [0.05, 0.1) is 53.9 Å². The molecule has 2 fully saturated rings. The van der Waals surface area contributed by atoms with Crippen LogP contribution in [0.5, 0.6) is 23.0 Å². The lowest BCUT2D eigenvalue weighted by molar-refractivity contribution is -0.155. The summed E-state index contributed by atoms with van der Waals surface area (Å²) in [6.07, 6.45) is 6.17. The number of methoxy groups -OCH3 is 2. The number of esters is 4. The van der Waals surface area contributed by atoms with Gasteiger partial charge in [0.25, 0.3) is 0 Å². The van der Waals surface area contributed by atoms with Crippen molar-refractivity contribution in [3.8, 4) is 23.0 Å². The summed E-state index contributed by atoms with van der Waals surface area (Å²) in [5, 5.41) is 21.9. The smallest absolute Gasteiger partial charge is 0.342 e. The zero-order chi connectivity index (χ0) is 50.2. The Balaban J connectivity index is 0.921. The maximum atomic E-state index is 13.2. The third-order valence-electron chi connectivity index (χ3n) is 13.2. The fourth-order valence-electron chi connectivity index (χ4n) is 9.13. The minimum Gasteiger partial charge on any atom is -0.507 e. The predicted molar refractivity (Wildman–Crippen MR) is 256 cm³/mol. The van der Waals surface area contributed by atoms with Gasteiger partial charge in [-0.05, 0) is 77.3 Å². The van der Waals surface area contributed by atoms with Crippen LogP contribution in [-0.2, 0) is 73.5 Å². The molecule has 2 aromatic carbocycles. The van der Waals surface area contributed by atoms with Crippen molar-refractivity contribution in [1.82, 2.24) is 9.80 Å². The second kappa shape index (κ2) is 26.8. The number of rotatable bonds is 27. The molecule has 0 aliphatic carbocycles. The van der Waals surface area contributed by atoms with Gasteiger partial charge >= 0.3 is 23.9 Å². The van der Waals surface area contributed by atoms with Gasteiger partial charge in [-0.25, -0.2) is 9.59 Å². The molecular formula is C52H72N2O16. The number of nitrogens with zero attached hydrogens (tertiary/aromatic N) is 2. The number of phenols is 2. The summed E-state index contributed by atoms with van der Waals surface area (Å²) < 4.78 is 56.6. The van der Waals surface area contributed by atoms with Crippen molar-refractivity contribution in [2.45, 2.75) is 104 Å². The van der Waals surface area contributed by atoms with Crippen LogP contribution < -0.4 is 9.47 Å². The summed E-state index contributed by atoms with van der Waals surface area (Å²) in [5.41, 5.74) is 5.99. The van der Waals surface area contributed by atoms with Gasteiger partial charge in [0, 0.05) is 87.6 Å². The molecule has 0 saturated carbocycles. The zero-order valence-corrected chi connectivity index (χ0v) is 41.8. The average molecular weight is 981 g/mol. The summed E-state index contributed by atoms with van der Waals surface area (Å²) in [6, 6.07) is 0. The molecule has 2 saturated heterocycles. The number of carbonyl (C=O) groups excluding carboxylic acids is 4. The number of morpholine rings is 2. The Labute approximate surface area is 411 Å². The van der Waals surface area contributed by atoms with Crippen molar-refractivity contribution in [2.75, 3.05) is 106 Å². The van der Waals surface area contributed by atoms with Crippen LogP contribution in [-0.4, -0.2) is 162 Å². The first kappa shape index (κ1) is 54.1. The van der Waals surface area contributed by atoms with E-state index in [1.807, 2.05) is 39.8 Å². The number of ether oxygens (including phenoxy) is 10. The lowest BCUT2D eigenvalue weighted by Gasteiger charge is -2.30. The number of benzene rings is 2. The molecule has 2 atom stereocenters. The van der Waals surface area contributed by atoms with E-state index in [2.05, 4.69) is 9.80 Å². The van der Waals surface area contributed by atoms with E-state index in [4.69, 9.17) is 47.4 Å². The normalized spacial score (nSPS) is 17.4. The van der Waals surface area contributed by atoms with Gasteiger partial charge in [0.15, 0.2) is 0 Å². The maximum absolute atomic E-state index is 13.2.